The van der Waals surface area contributed by atoms with E-state index in [0.717, 1.165) is 0 Å². The summed E-state index contributed by atoms with van der Waals surface area (Å²) >= 11 is 19.7. The standard InChI is InChI=1S/C108H90N6O18P6S6/c115-79-85-37-49-91(50-38-85)127-136(139,128-92-51-39-86(80-116)40-52-92)109-133(97-25-7-1-8-26-97,98-27-9-2-10-28-98)103-61-67-106(68-62-103)142(121,122)112-73-19-21-75-113(143(123,124)107-69-63-104(64-70-107)134(99-29-11-3-12-30-99,100-31-13-4-14-32-100)110-137(140,129-93-53-41-87(81-117)42-54-93)130-94-55-43-88(82-118)44-56-94)77-23-24-78-114(76-22-20-74-112)144(125,126)108-71-65-105(66-72-108)135(101-33-15-5-16-34-101,102-35-17-6-18-36-102)111-138(141,131-95-57-45-89(83-119)46-58-95)132-96-59-47-90(84-120)48-60-96/h1-72,79-84H,73-78H2. The molecule has 0 unspecified atom stereocenters. The molecule has 1 heterocycles. The molecular formula is C108H90N6O18P6S6. The van der Waals surface area contributed by atoms with E-state index in [1.165, 1.54) is 49.3 Å². The summed E-state index contributed by atoms with van der Waals surface area (Å²) in [7, 11) is -24.6. The normalized spacial score (nSPS) is 13.5. The lowest BCUT2D eigenvalue weighted by Crippen LogP contribution is -2.33. The molecule has 1 aliphatic rings. The van der Waals surface area contributed by atoms with Gasteiger partial charge in [-0.25, -0.2) is 25.3 Å². The Labute approximate surface area is 851 Å². The van der Waals surface area contributed by atoms with Crippen molar-refractivity contribution in [3.8, 4) is 34.5 Å². The summed E-state index contributed by atoms with van der Waals surface area (Å²) in [4.78, 5) is 71.1. The molecular weight excluding hydrogens is 2050 g/mol. The number of hydrogen-bond donors (Lipinski definition) is 0. The molecule has 0 amide bonds. The van der Waals surface area contributed by atoms with Gasteiger partial charge in [-0.1, -0.05) is 255 Å². The van der Waals surface area contributed by atoms with Gasteiger partial charge in [-0.15, -0.1) is 0 Å². The average Bonchev–Trinajstić information content (AvgIpc) is 0.743. The van der Waals surface area contributed by atoms with Gasteiger partial charge in [0.2, 0.25) is 30.1 Å². The van der Waals surface area contributed by atoms with Crippen LogP contribution in [0.1, 0.15) is 62.1 Å². The van der Waals surface area contributed by atoms with Crippen LogP contribution in [0.2, 0.25) is 0 Å². The number of hydrogen-bond acceptors (Lipinski definition) is 21. The van der Waals surface area contributed by atoms with E-state index in [-0.39, 0.29) is 88.5 Å². The Balaban J connectivity index is 0.807. The molecule has 0 aromatic heterocycles. The predicted octanol–water partition coefficient (Wildman–Crippen LogP) is 20.2. The molecule has 0 spiro atoms. The van der Waals surface area contributed by atoms with Crippen molar-refractivity contribution in [1.82, 2.24) is 12.9 Å². The number of carbonyl (C=O) groups excluding carboxylic acids is 6. The van der Waals surface area contributed by atoms with Crippen molar-refractivity contribution in [3.05, 3.63) is 470 Å². The first-order valence-corrected chi connectivity index (χ1v) is 61.9. The number of aldehydes is 6. The lowest BCUT2D eigenvalue weighted by atomic mass is 10.2. The largest absolute Gasteiger partial charge is 0.419 e. The van der Waals surface area contributed by atoms with Gasteiger partial charge in [0.1, 0.15) is 72.2 Å². The van der Waals surface area contributed by atoms with E-state index in [4.69, 9.17) is 76.1 Å². The van der Waals surface area contributed by atoms with Crippen molar-refractivity contribution in [3.63, 3.8) is 0 Å². The van der Waals surface area contributed by atoms with Gasteiger partial charge >= 0.3 is 19.9 Å². The summed E-state index contributed by atoms with van der Waals surface area (Å²) in [6.07, 6.45) is 13.4. The van der Waals surface area contributed by atoms with Gasteiger partial charge in [0.15, 0.2) is 0 Å². The fraction of sp³-hybridized carbons (Fsp3) is 0.0556. The van der Waals surface area contributed by atoms with E-state index in [1.54, 1.807) is 218 Å². The minimum absolute atomic E-state index is 0.183. The molecule has 16 rings (SSSR count). The van der Waals surface area contributed by atoms with Crippen molar-refractivity contribution in [2.75, 3.05) is 39.3 Å². The Bertz CT molecular complexity index is 6900. The predicted molar refractivity (Wildman–Crippen MR) is 584 cm³/mol. The lowest BCUT2D eigenvalue weighted by molar-refractivity contribution is 0.111. The number of benzene rings is 15. The highest BCUT2D eigenvalue weighted by molar-refractivity contribution is 8.13. The molecule has 15 aromatic carbocycles. The van der Waals surface area contributed by atoms with E-state index < -0.39 is 71.2 Å². The first-order chi connectivity index (χ1) is 69.8. The molecule has 0 N–H and O–H groups in total. The van der Waals surface area contributed by atoms with Crippen LogP contribution in [-0.2, 0) is 65.5 Å². The maximum atomic E-state index is 16.0. The van der Waals surface area contributed by atoms with Crippen molar-refractivity contribution in [2.24, 2.45) is 13.5 Å². The van der Waals surface area contributed by atoms with Crippen LogP contribution in [0.3, 0.4) is 0 Å². The van der Waals surface area contributed by atoms with Crippen LogP contribution in [0.5, 0.6) is 34.5 Å². The highest BCUT2D eigenvalue weighted by Gasteiger charge is 2.41. The first-order valence-electron chi connectivity index (χ1n) is 44.6. The molecule has 36 heteroatoms. The first kappa shape index (κ1) is 104. The van der Waals surface area contributed by atoms with Crippen LogP contribution in [0, 0.1) is 0 Å². The highest BCUT2D eigenvalue weighted by atomic mass is 32.5. The summed E-state index contributed by atoms with van der Waals surface area (Å²) in [5.74, 6) is 1.36. The zero-order valence-corrected chi connectivity index (χ0v) is 86.7. The number of nitrogens with zero attached hydrogens (tertiary/aromatic N) is 6. The SMILES string of the molecule is O=Cc1ccc(OP(=S)(N=P(c2ccccc2)(c2ccccc2)c2ccc(S(=O)(=O)N3CC=CCN(S(=O)(=O)c4ccc(P(=NP(=S)(Oc5ccc(C=O)cc5)Oc5ccc(C=O)cc5)(c5ccccc5)c5ccccc5)cc4)CC=CCN(S(=O)(=O)c4ccc(P(=NP(=S)(Oc5ccc(C=O)cc5)Oc5ccc(C=O)cc5)(c5ccccc5)c5ccccc5)cc4)CC=CC3)cc2)Oc2ccc(C=O)cc2)cc1. The van der Waals surface area contributed by atoms with Crippen LogP contribution < -0.4 is 74.9 Å². The van der Waals surface area contributed by atoms with Gasteiger partial charge in [0, 0.05) is 156 Å². The van der Waals surface area contributed by atoms with E-state index in [2.05, 4.69) is 0 Å². The summed E-state index contributed by atoms with van der Waals surface area (Å²) in [5.41, 5.74) is 2.19. The Kier molecular flexibility index (Phi) is 33.5. The van der Waals surface area contributed by atoms with E-state index in [9.17, 15) is 28.8 Å². The molecule has 24 nitrogen and oxygen atoms in total. The molecule has 1 aliphatic heterocycles. The topological polar surface area (TPSA) is 307 Å². The van der Waals surface area contributed by atoms with Gasteiger partial charge in [-0.2, -0.15) is 26.5 Å². The second kappa shape index (κ2) is 46.6. The number of carbonyl (C=O) groups is 6. The van der Waals surface area contributed by atoms with Crippen LogP contribution in [0.4, 0.5) is 0 Å². The number of sulfonamides is 3. The maximum Gasteiger partial charge on any atom is 0.413 e. The van der Waals surface area contributed by atoms with Crippen molar-refractivity contribution < 1.29 is 81.2 Å². The molecule has 0 aliphatic carbocycles. The van der Waals surface area contributed by atoms with Gasteiger partial charge in [-0.05, 0) is 182 Å². The Morgan fingerprint density at radius 1 is 0.201 bits per heavy atom. The zero-order chi connectivity index (χ0) is 101. The zero-order valence-electron chi connectivity index (χ0n) is 76.4. The summed E-state index contributed by atoms with van der Waals surface area (Å²) in [6, 6.07) is 112. The van der Waals surface area contributed by atoms with Gasteiger partial charge in [0.25, 0.3) is 0 Å². The lowest BCUT2D eigenvalue weighted by Gasteiger charge is -2.30. The Hall–Kier alpha value is -13.3. The minimum Gasteiger partial charge on any atom is -0.419 e. The minimum atomic E-state index is -4.65. The molecule has 0 bridgehead atoms. The third-order valence-corrected chi connectivity index (χ3v) is 49.6. The van der Waals surface area contributed by atoms with Gasteiger partial charge in [-0.3, -0.25) is 28.8 Å². The van der Waals surface area contributed by atoms with Crippen LogP contribution >= 0.6 is 41.1 Å². The number of rotatable bonds is 36. The van der Waals surface area contributed by atoms with Crippen LogP contribution in [-0.4, -0.2) is 115 Å². The van der Waals surface area contributed by atoms with E-state index in [0.29, 0.717) is 119 Å². The molecule has 726 valence electrons. The molecule has 144 heavy (non-hydrogen) atoms. The fourth-order valence-electron chi connectivity index (χ4n) is 15.7. The quantitative estimate of drug-likeness (QED) is 0.0200. The third kappa shape index (κ3) is 24.0. The third-order valence-electron chi connectivity index (χ3n) is 22.8. The average molecular weight is 2140 g/mol. The second-order valence-electron chi connectivity index (χ2n) is 32.1. The molecule has 0 fully saturated rings. The molecule has 0 radical (unpaired) electrons. The van der Waals surface area contributed by atoms with E-state index >= 15 is 25.3 Å². The second-order valence-corrected chi connectivity index (χ2v) is 56.6. The van der Waals surface area contributed by atoms with Crippen LogP contribution in [0.15, 0.2) is 465 Å². The van der Waals surface area contributed by atoms with Crippen molar-refractivity contribution >= 4 is 192 Å². The molecule has 0 saturated heterocycles. The fourth-order valence-corrected chi connectivity index (χ4v) is 43.2. The van der Waals surface area contributed by atoms with Crippen LogP contribution in [0.25, 0.3) is 0 Å². The van der Waals surface area contributed by atoms with Gasteiger partial charge < -0.3 is 27.1 Å². The molecule has 15 aromatic rings. The highest BCUT2D eigenvalue weighted by Crippen LogP contribution is 2.65. The smallest absolute Gasteiger partial charge is 0.413 e. The molecule has 0 atom stereocenters. The van der Waals surface area contributed by atoms with Crippen molar-refractivity contribution in [2.45, 2.75) is 14.7 Å². The summed E-state index contributed by atoms with van der Waals surface area (Å²) in [6.45, 7) is -14.3. The van der Waals surface area contributed by atoms with E-state index in [1.807, 2.05) is 182 Å². The Morgan fingerprint density at radius 3 is 0.479 bits per heavy atom. The summed E-state index contributed by atoms with van der Waals surface area (Å²) in [5, 5.41) is 5.58. The summed E-state index contributed by atoms with van der Waals surface area (Å²) < 4.78 is 157. The Morgan fingerprint density at radius 2 is 0.340 bits per heavy atom. The molecule has 0 saturated carbocycles. The maximum absolute atomic E-state index is 16.0. The monoisotopic (exact) mass is 2140 g/mol. The van der Waals surface area contributed by atoms with Gasteiger partial charge in [0.05, 0.1) is 35.8 Å². The van der Waals surface area contributed by atoms with Crippen molar-refractivity contribution in [1.29, 1.82) is 0 Å².